The van der Waals surface area contributed by atoms with Gasteiger partial charge in [-0.3, -0.25) is 0 Å². The summed E-state index contributed by atoms with van der Waals surface area (Å²) in [5.41, 5.74) is 2.19. The van der Waals surface area contributed by atoms with Gasteiger partial charge in [0.2, 0.25) is 0 Å². The minimum Gasteiger partial charge on any atom is -0.508 e. The third-order valence-corrected chi connectivity index (χ3v) is 2.45. The second kappa shape index (κ2) is 3.77. The maximum absolute atomic E-state index is 9.58. The number of hydrogen-bond donors (Lipinski definition) is 3. The molecular weight excluding hydrogens is 204 g/mol. The number of phenolic OH excluding ortho intramolecular Hbond substituents is 3. The number of aromatic hydroxyl groups is 3. The summed E-state index contributed by atoms with van der Waals surface area (Å²) in [5.74, 6) is 0.186. The molecule has 3 heteroatoms. The van der Waals surface area contributed by atoms with E-state index in [1.54, 1.807) is 19.1 Å². The van der Waals surface area contributed by atoms with Crippen LogP contribution in [-0.4, -0.2) is 15.3 Å². The Morgan fingerprint density at radius 1 is 0.750 bits per heavy atom. The average molecular weight is 216 g/mol. The summed E-state index contributed by atoms with van der Waals surface area (Å²) >= 11 is 0. The molecule has 3 N–H and O–H groups in total. The van der Waals surface area contributed by atoms with Crippen molar-refractivity contribution in [1.29, 1.82) is 0 Å². The minimum absolute atomic E-state index is 0.00457. The van der Waals surface area contributed by atoms with Gasteiger partial charge in [0.1, 0.15) is 17.2 Å². The van der Waals surface area contributed by atoms with Gasteiger partial charge in [-0.2, -0.15) is 0 Å². The van der Waals surface area contributed by atoms with Crippen LogP contribution in [0.25, 0.3) is 11.1 Å². The molecule has 0 aliphatic rings. The lowest BCUT2D eigenvalue weighted by atomic mass is 10.0. The van der Waals surface area contributed by atoms with Gasteiger partial charge in [0.05, 0.1) is 0 Å². The van der Waals surface area contributed by atoms with Gasteiger partial charge in [-0.1, -0.05) is 12.1 Å². The Labute approximate surface area is 93.2 Å². The summed E-state index contributed by atoms with van der Waals surface area (Å²) in [7, 11) is 0. The van der Waals surface area contributed by atoms with E-state index in [0.29, 0.717) is 5.56 Å². The summed E-state index contributed by atoms with van der Waals surface area (Å²) in [6.07, 6.45) is 0. The number of hydrogen-bond acceptors (Lipinski definition) is 3. The Hall–Kier alpha value is -2.16. The summed E-state index contributed by atoms with van der Waals surface area (Å²) in [5, 5.41) is 28.3. The molecule has 0 atom stereocenters. The van der Waals surface area contributed by atoms with Crippen LogP contribution < -0.4 is 0 Å². The molecule has 2 aromatic carbocycles. The van der Waals surface area contributed by atoms with Crippen LogP contribution >= 0.6 is 0 Å². The number of benzene rings is 2. The molecule has 0 heterocycles. The summed E-state index contributed by atoms with van der Waals surface area (Å²) in [6, 6.07) is 9.53. The highest BCUT2D eigenvalue weighted by Gasteiger charge is 2.04. The van der Waals surface area contributed by atoms with Crippen molar-refractivity contribution in [3.63, 3.8) is 0 Å². The van der Waals surface area contributed by atoms with Gasteiger partial charge in [0.15, 0.2) is 0 Å². The van der Waals surface area contributed by atoms with Gasteiger partial charge in [-0.05, 0) is 41.8 Å². The van der Waals surface area contributed by atoms with Gasteiger partial charge >= 0.3 is 0 Å². The largest absolute Gasteiger partial charge is 0.508 e. The first-order chi connectivity index (χ1) is 7.56. The van der Waals surface area contributed by atoms with Crippen molar-refractivity contribution in [2.45, 2.75) is 6.92 Å². The van der Waals surface area contributed by atoms with E-state index in [9.17, 15) is 15.3 Å². The van der Waals surface area contributed by atoms with Gasteiger partial charge in [0.25, 0.3) is 0 Å². The number of aryl methyl sites for hydroxylation is 1. The fourth-order valence-corrected chi connectivity index (χ4v) is 1.55. The average Bonchev–Trinajstić information content (AvgIpc) is 2.20. The molecule has 16 heavy (non-hydrogen) atoms. The highest BCUT2D eigenvalue weighted by atomic mass is 16.3. The highest BCUT2D eigenvalue weighted by molar-refractivity contribution is 5.68. The molecule has 2 rings (SSSR count). The molecule has 0 aliphatic heterocycles. The topological polar surface area (TPSA) is 60.7 Å². The predicted octanol–water partition coefficient (Wildman–Crippen LogP) is 2.78. The molecule has 0 saturated carbocycles. The van der Waals surface area contributed by atoms with Gasteiger partial charge < -0.3 is 15.3 Å². The quantitative estimate of drug-likeness (QED) is 0.686. The van der Waals surface area contributed by atoms with E-state index in [-0.39, 0.29) is 17.2 Å². The predicted molar refractivity (Wildman–Crippen MR) is 61.6 cm³/mol. The molecule has 0 aliphatic carbocycles. The van der Waals surface area contributed by atoms with E-state index in [4.69, 9.17) is 0 Å². The van der Waals surface area contributed by atoms with Gasteiger partial charge in [-0.15, -0.1) is 0 Å². The number of rotatable bonds is 1. The Morgan fingerprint density at radius 2 is 1.38 bits per heavy atom. The SMILES string of the molecule is Cc1ccc(-c2cc(O)cc(O)c2)cc1O. The highest BCUT2D eigenvalue weighted by Crippen LogP contribution is 2.31. The molecule has 0 saturated heterocycles. The van der Waals surface area contributed by atoms with E-state index in [2.05, 4.69) is 0 Å². The van der Waals surface area contributed by atoms with Gasteiger partial charge in [-0.25, -0.2) is 0 Å². The van der Waals surface area contributed by atoms with E-state index in [0.717, 1.165) is 11.1 Å². The Bertz CT molecular complexity index is 512. The van der Waals surface area contributed by atoms with Crippen molar-refractivity contribution < 1.29 is 15.3 Å². The summed E-state index contributed by atoms with van der Waals surface area (Å²) < 4.78 is 0. The maximum Gasteiger partial charge on any atom is 0.119 e. The third-order valence-electron chi connectivity index (χ3n) is 2.45. The normalized spacial score (nSPS) is 10.3. The fourth-order valence-electron chi connectivity index (χ4n) is 1.55. The maximum atomic E-state index is 9.58. The standard InChI is InChI=1S/C13H12O3/c1-8-2-3-9(6-13(8)16)10-4-11(14)7-12(15)5-10/h2-7,14-16H,1H3. The Balaban J connectivity index is 2.54. The molecule has 2 aromatic rings. The second-order valence-corrected chi connectivity index (χ2v) is 3.74. The molecule has 82 valence electrons. The lowest BCUT2D eigenvalue weighted by Gasteiger charge is -2.06. The van der Waals surface area contributed by atoms with Crippen LogP contribution in [0.5, 0.6) is 17.2 Å². The first-order valence-electron chi connectivity index (χ1n) is 4.89. The zero-order chi connectivity index (χ0) is 11.7. The van der Waals surface area contributed by atoms with Crippen molar-refractivity contribution in [2.75, 3.05) is 0 Å². The molecule has 0 unspecified atom stereocenters. The van der Waals surface area contributed by atoms with Crippen LogP contribution in [0.1, 0.15) is 5.56 Å². The third kappa shape index (κ3) is 1.93. The molecule has 3 nitrogen and oxygen atoms in total. The second-order valence-electron chi connectivity index (χ2n) is 3.74. The Kier molecular flexibility index (Phi) is 2.44. The van der Waals surface area contributed by atoms with Crippen molar-refractivity contribution in [1.82, 2.24) is 0 Å². The van der Waals surface area contributed by atoms with Crippen LogP contribution in [0, 0.1) is 6.92 Å². The smallest absolute Gasteiger partial charge is 0.119 e. The molecule has 0 bridgehead atoms. The first-order valence-corrected chi connectivity index (χ1v) is 4.89. The molecule has 0 spiro atoms. The zero-order valence-electron chi connectivity index (χ0n) is 8.81. The molecule has 0 fully saturated rings. The van der Waals surface area contributed by atoms with Crippen LogP contribution in [-0.2, 0) is 0 Å². The van der Waals surface area contributed by atoms with E-state index >= 15 is 0 Å². The minimum atomic E-state index is -0.00457. The molecular formula is C13H12O3. The Morgan fingerprint density at radius 3 is 1.94 bits per heavy atom. The fraction of sp³-hybridized carbons (Fsp3) is 0.0769. The van der Waals surface area contributed by atoms with E-state index in [1.165, 1.54) is 18.2 Å². The van der Waals surface area contributed by atoms with Crippen LogP contribution in [0.2, 0.25) is 0 Å². The van der Waals surface area contributed by atoms with E-state index in [1.807, 2.05) is 6.07 Å². The van der Waals surface area contributed by atoms with Crippen LogP contribution in [0.15, 0.2) is 36.4 Å². The molecule has 0 aromatic heterocycles. The summed E-state index contributed by atoms with van der Waals surface area (Å²) in [6.45, 7) is 1.80. The monoisotopic (exact) mass is 216 g/mol. The first kappa shape index (κ1) is 10.4. The number of phenols is 3. The molecule has 0 amide bonds. The van der Waals surface area contributed by atoms with Crippen molar-refractivity contribution >= 4 is 0 Å². The zero-order valence-corrected chi connectivity index (χ0v) is 8.81. The van der Waals surface area contributed by atoms with E-state index < -0.39 is 0 Å². The van der Waals surface area contributed by atoms with Crippen molar-refractivity contribution in [3.8, 4) is 28.4 Å². The lowest BCUT2D eigenvalue weighted by molar-refractivity contribution is 0.451. The summed E-state index contributed by atoms with van der Waals surface area (Å²) in [4.78, 5) is 0. The van der Waals surface area contributed by atoms with Crippen molar-refractivity contribution in [2.24, 2.45) is 0 Å². The van der Waals surface area contributed by atoms with Gasteiger partial charge in [0, 0.05) is 6.07 Å². The lowest BCUT2D eigenvalue weighted by Crippen LogP contribution is -1.80. The van der Waals surface area contributed by atoms with Crippen LogP contribution in [0.3, 0.4) is 0 Å². The molecule has 0 radical (unpaired) electrons. The van der Waals surface area contributed by atoms with Crippen molar-refractivity contribution in [3.05, 3.63) is 42.0 Å². The van der Waals surface area contributed by atoms with Crippen LogP contribution in [0.4, 0.5) is 0 Å².